The number of carbonyl (C=O) groups is 1. The molecule has 0 spiro atoms. The molecule has 76 valence electrons. The van der Waals surface area contributed by atoms with Crippen molar-refractivity contribution in [2.24, 2.45) is 0 Å². The third kappa shape index (κ3) is 1.79. The Morgan fingerprint density at radius 3 is 2.87 bits per heavy atom. The fourth-order valence-corrected chi connectivity index (χ4v) is 1.60. The van der Waals surface area contributed by atoms with Gasteiger partial charge in [-0.15, -0.1) is 0 Å². The Balaban J connectivity index is 2.55. The van der Waals surface area contributed by atoms with Crippen molar-refractivity contribution in [1.82, 2.24) is 0 Å². The molecule has 0 heterocycles. The molecular weight excluding hydrogens is 194 g/mol. The van der Waals surface area contributed by atoms with Crippen LogP contribution >= 0.6 is 0 Å². The maximum absolute atomic E-state index is 11.6. The normalized spacial score (nSPS) is 14.5. The Morgan fingerprint density at radius 1 is 1.33 bits per heavy atom. The van der Waals surface area contributed by atoms with Crippen LogP contribution in [0.1, 0.15) is 28.8 Å². The fourth-order valence-electron chi connectivity index (χ4n) is 1.60. The van der Waals surface area contributed by atoms with Crippen molar-refractivity contribution in [1.29, 1.82) is 0 Å². The highest BCUT2D eigenvalue weighted by molar-refractivity contribution is 6.00. The van der Waals surface area contributed by atoms with Gasteiger partial charge in [0, 0.05) is 24.1 Å². The van der Waals surface area contributed by atoms with Crippen LogP contribution in [-0.4, -0.2) is 10.7 Å². The molecule has 1 aromatic rings. The zero-order chi connectivity index (χ0) is 10.8. The number of nitrogens with zero attached hydrogens (tertiary/aromatic N) is 1. The highest BCUT2D eigenvalue weighted by atomic mass is 16.6. The predicted molar refractivity (Wildman–Crippen MR) is 55.7 cm³/mol. The summed E-state index contributed by atoms with van der Waals surface area (Å²) in [6.45, 7) is 0. The molecule has 0 aromatic heterocycles. The van der Waals surface area contributed by atoms with E-state index in [1.54, 1.807) is 6.07 Å². The molecule has 0 atom stereocenters. The maximum Gasteiger partial charge on any atom is 0.270 e. The number of allylic oxidation sites excluding steroid dienone is 1. The zero-order valence-corrected chi connectivity index (χ0v) is 7.97. The van der Waals surface area contributed by atoms with Crippen LogP contribution in [0.3, 0.4) is 0 Å². The van der Waals surface area contributed by atoms with E-state index in [1.165, 1.54) is 12.1 Å². The minimum absolute atomic E-state index is 0.0290. The Bertz CT molecular complexity index is 463. The van der Waals surface area contributed by atoms with Gasteiger partial charge in [0.05, 0.1) is 4.92 Å². The standard InChI is InChI=1S/C11H9NO3/c13-11-4-2-1-3-8-5-6-9(12(14)15)7-10(8)11/h1,3,5-7H,2,4H2. The highest BCUT2D eigenvalue weighted by Gasteiger charge is 2.16. The number of hydrogen-bond donors (Lipinski definition) is 0. The van der Waals surface area contributed by atoms with Gasteiger partial charge >= 0.3 is 0 Å². The predicted octanol–water partition coefficient (Wildman–Crippen LogP) is 2.58. The van der Waals surface area contributed by atoms with E-state index in [2.05, 4.69) is 0 Å². The summed E-state index contributed by atoms with van der Waals surface area (Å²) in [5.41, 5.74) is 1.19. The number of rotatable bonds is 1. The molecule has 1 aromatic carbocycles. The second kappa shape index (κ2) is 3.65. The average molecular weight is 203 g/mol. The summed E-state index contributed by atoms with van der Waals surface area (Å²) in [6.07, 6.45) is 4.87. The van der Waals surface area contributed by atoms with Crippen LogP contribution in [0.15, 0.2) is 24.3 Å². The van der Waals surface area contributed by atoms with E-state index < -0.39 is 4.92 Å². The molecule has 1 aliphatic rings. The number of carbonyl (C=O) groups excluding carboxylic acids is 1. The van der Waals surface area contributed by atoms with Crippen LogP contribution in [0.25, 0.3) is 6.08 Å². The number of ketones is 1. The van der Waals surface area contributed by atoms with Crippen molar-refractivity contribution in [2.75, 3.05) is 0 Å². The number of nitro benzene ring substituents is 1. The second-order valence-corrected chi connectivity index (χ2v) is 3.39. The zero-order valence-electron chi connectivity index (χ0n) is 7.97. The van der Waals surface area contributed by atoms with E-state index in [0.717, 1.165) is 5.56 Å². The first-order chi connectivity index (χ1) is 7.18. The summed E-state index contributed by atoms with van der Waals surface area (Å²) in [6, 6.07) is 4.39. The maximum atomic E-state index is 11.6. The first-order valence-corrected chi connectivity index (χ1v) is 4.66. The number of nitro groups is 1. The van der Waals surface area contributed by atoms with Gasteiger partial charge in [0.1, 0.15) is 0 Å². The minimum atomic E-state index is -0.484. The summed E-state index contributed by atoms with van der Waals surface area (Å²) in [5, 5.41) is 10.6. The molecule has 0 aliphatic heterocycles. The summed E-state index contributed by atoms with van der Waals surface area (Å²) in [4.78, 5) is 21.7. The molecule has 2 rings (SSSR count). The van der Waals surface area contributed by atoms with Crippen molar-refractivity contribution >= 4 is 17.5 Å². The number of non-ortho nitro benzene ring substituents is 1. The smallest absolute Gasteiger partial charge is 0.270 e. The van der Waals surface area contributed by atoms with Gasteiger partial charge in [-0.05, 0) is 18.1 Å². The van der Waals surface area contributed by atoms with E-state index >= 15 is 0 Å². The van der Waals surface area contributed by atoms with Gasteiger partial charge in [-0.3, -0.25) is 14.9 Å². The van der Waals surface area contributed by atoms with Crippen LogP contribution in [-0.2, 0) is 0 Å². The molecule has 0 saturated carbocycles. The lowest BCUT2D eigenvalue weighted by Crippen LogP contribution is -2.00. The molecule has 0 amide bonds. The lowest BCUT2D eigenvalue weighted by Gasteiger charge is -2.01. The first kappa shape index (κ1) is 9.58. The Morgan fingerprint density at radius 2 is 2.13 bits per heavy atom. The molecule has 0 radical (unpaired) electrons. The Hall–Kier alpha value is -1.97. The van der Waals surface area contributed by atoms with Gasteiger partial charge in [0.15, 0.2) is 5.78 Å². The summed E-state index contributed by atoms with van der Waals surface area (Å²) >= 11 is 0. The Kier molecular flexibility index (Phi) is 2.33. The molecule has 15 heavy (non-hydrogen) atoms. The van der Waals surface area contributed by atoms with E-state index in [0.29, 0.717) is 18.4 Å². The van der Waals surface area contributed by atoms with Crippen LogP contribution < -0.4 is 0 Å². The Labute approximate surface area is 86.4 Å². The molecule has 0 unspecified atom stereocenters. The summed E-state index contributed by atoms with van der Waals surface area (Å²) < 4.78 is 0. The lowest BCUT2D eigenvalue weighted by atomic mass is 10.0. The third-order valence-corrected chi connectivity index (χ3v) is 2.38. The van der Waals surface area contributed by atoms with Gasteiger partial charge in [-0.2, -0.15) is 0 Å². The molecule has 4 heteroatoms. The van der Waals surface area contributed by atoms with Gasteiger partial charge in [0.25, 0.3) is 5.69 Å². The molecule has 1 aliphatic carbocycles. The number of benzene rings is 1. The second-order valence-electron chi connectivity index (χ2n) is 3.39. The summed E-state index contributed by atoms with van der Waals surface area (Å²) in [5.74, 6) is -0.0290. The highest BCUT2D eigenvalue weighted by Crippen LogP contribution is 2.23. The molecule has 0 bridgehead atoms. The number of fused-ring (bicyclic) bond motifs is 1. The minimum Gasteiger partial charge on any atom is -0.294 e. The van der Waals surface area contributed by atoms with Gasteiger partial charge < -0.3 is 0 Å². The van der Waals surface area contributed by atoms with Crippen molar-refractivity contribution < 1.29 is 9.72 Å². The average Bonchev–Trinajstić information content (AvgIpc) is 2.40. The molecule has 0 saturated heterocycles. The van der Waals surface area contributed by atoms with Crippen LogP contribution in [0.4, 0.5) is 5.69 Å². The number of hydrogen-bond acceptors (Lipinski definition) is 3. The van der Waals surface area contributed by atoms with Gasteiger partial charge in [-0.1, -0.05) is 12.2 Å². The molecule has 0 N–H and O–H groups in total. The van der Waals surface area contributed by atoms with Gasteiger partial charge in [0.2, 0.25) is 0 Å². The number of Topliss-reactive ketones (excluding diaryl/α,β-unsaturated/α-hetero) is 1. The summed E-state index contributed by atoms with van der Waals surface area (Å²) in [7, 11) is 0. The van der Waals surface area contributed by atoms with Crippen molar-refractivity contribution in [3.8, 4) is 0 Å². The van der Waals surface area contributed by atoms with E-state index in [-0.39, 0.29) is 11.5 Å². The largest absolute Gasteiger partial charge is 0.294 e. The van der Waals surface area contributed by atoms with Crippen molar-refractivity contribution in [3.63, 3.8) is 0 Å². The van der Waals surface area contributed by atoms with Crippen LogP contribution in [0.2, 0.25) is 0 Å². The molecule has 0 fully saturated rings. The fraction of sp³-hybridized carbons (Fsp3) is 0.182. The molecule has 4 nitrogen and oxygen atoms in total. The van der Waals surface area contributed by atoms with Crippen LogP contribution in [0, 0.1) is 10.1 Å². The van der Waals surface area contributed by atoms with Crippen molar-refractivity contribution in [3.05, 3.63) is 45.5 Å². The monoisotopic (exact) mass is 203 g/mol. The quantitative estimate of drug-likeness (QED) is 0.520. The SMILES string of the molecule is O=C1CCC=Cc2ccc([N+](=O)[O-])cc21. The van der Waals surface area contributed by atoms with E-state index in [4.69, 9.17) is 0 Å². The van der Waals surface area contributed by atoms with E-state index in [9.17, 15) is 14.9 Å². The topological polar surface area (TPSA) is 60.2 Å². The van der Waals surface area contributed by atoms with Crippen molar-refractivity contribution in [2.45, 2.75) is 12.8 Å². The molecular formula is C11H9NO3. The third-order valence-electron chi connectivity index (χ3n) is 2.38. The van der Waals surface area contributed by atoms with Gasteiger partial charge in [-0.25, -0.2) is 0 Å². The first-order valence-electron chi connectivity index (χ1n) is 4.66. The van der Waals surface area contributed by atoms with Crippen LogP contribution in [0.5, 0.6) is 0 Å². The lowest BCUT2D eigenvalue weighted by molar-refractivity contribution is -0.384. The van der Waals surface area contributed by atoms with E-state index in [1.807, 2.05) is 12.2 Å².